The molecule has 0 saturated carbocycles. The molecule has 0 radical (unpaired) electrons. The molecule has 1 aromatic rings. The molecule has 0 heterocycles. The zero-order chi connectivity index (χ0) is 15.3. The second-order valence-electron chi connectivity index (χ2n) is 4.48. The molecule has 5 nitrogen and oxygen atoms in total. The lowest BCUT2D eigenvalue weighted by Crippen LogP contribution is -2.39. The van der Waals surface area contributed by atoms with E-state index in [4.69, 9.17) is 28.9 Å². The van der Waals surface area contributed by atoms with Gasteiger partial charge in [0, 0.05) is 19.5 Å². The molecule has 0 aliphatic carbocycles. The molecule has 1 unspecified atom stereocenters. The Labute approximate surface area is 140 Å². The van der Waals surface area contributed by atoms with Gasteiger partial charge in [0.1, 0.15) is 0 Å². The molecule has 0 aliphatic rings. The highest BCUT2D eigenvalue weighted by molar-refractivity contribution is 6.39. The Bertz CT molecular complexity index is 491. The first-order valence-electron chi connectivity index (χ1n) is 6.05. The lowest BCUT2D eigenvalue weighted by atomic mass is 10.1. The first-order valence-corrected chi connectivity index (χ1v) is 6.81. The van der Waals surface area contributed by atoms with Crippen LogP contribution >= 0.6 is 35.6 Å². The van der Waals surface area contributed by atoms with E-state index in [0.29, 0.717) is 15.7 Å². The van der Waals surface area contributed by atoms with E-state index in [2.05, 4.69) is 5.32 Å². The summed E-state index contributed by atoms with van der Waals surface area (Å²) in [5.74, 6) is -0.885. The summed E-state index contributed by atoms with van der Waals surface area (Å²) in [6.45, 7) is 1.85. The van der Waals surface area contributed by atoms with Crippen LogP contribution in [0.3, 0.4) is 0 Å². The van der Waals surface area contributed by atoms with Crippen molar-refractivity contribution in [3.05, 3.63) is 28.2 Å². The van der Waals surface area contributed by atoms with E-state index >= 15 is 0 Å². The number of hydrogen-bond acceptors (Lipinski definition) is 3. The molecule has 0 fully saturated rings. The number of hydrogen-bond donors (Lipinski definition) is 2. The van der Waals surface area contributed by atoms with Crippen molar-refractivity contribution in [1.29, 1.82) is 0 Å². The minimum Gasteiger partial charge on any atom is -0.336 e. The zero-order valence-electron chi connectivity index (χ0n) is 11.7. The van der Waals surface area contributed by atoms with Crippen molar-refractivity contribution in [1.82, 2.24) is 4.90 Å². The molecule has 21 heavy (non-hydrogen) atoms. The summed E-state index contributed by atoms with van der Waals surface area (Å²) in [5, 5.41) is 3.28. The highest BCUT2D eigenvalue weighted by atomic mass is 35.5. The largest absolute Gasteiger partial charge is 0.336 e. The first kappa shape index (κ1) is 20.0. The van der Waals surface area contributed by atoms with Crippen molar-refractivity contribution in [2.75, 3.05) is 25.5 Å². The van der Waals surface area contributed by atoms with Gasteiger partial charge in [-0.05, 0) is 12.1 Å². The highest BCUT2D eigenvalue weighted by Gasteiger charge is 2.19. The SMILES string of the molecule is CC(CN)C(=O)N(C)CC(=O)Nc1c(Cl)cccc1Cl.Cl. The van der Waals surface area contributed by atoms with E-state index in [1.165, 1.54) is 4.90 Å². The number of para-hydroxylation sites is 1. The highest BCUT2D eigenvalue weighted by Crippen LogP contribution is 2.29. The lowest BCUT2D eigenvalue weighted by Gasteiger charge is -2.20. The van der Waals surface area contributed by atoms with Gasteiger partial charge in [0.15, 0.2) is 0 Å². The topological polar surface area (TPSA) is 75.4 Å². The molecule has 3 N–H and O–H groups in total. The predicted molar refractivity (Wildman–Crippen MR) is 88.2 cm³/mol. The number of nitrogens with two attached hydrogens (primary N) is 1. The van der Waals surface area contributed by atoms with Crippen LogP contribution < -0.4 is 11.1 Å². The normalized spacial score (nSPS) is 11.3. The van der Waals surface area contributed by atoms with Gasteiger partial charge < -0.3 is 16.0 Å². The fourth-order valence-corrected chi connectivity index (χ4v) is 2.06. The van der Waals surface area contributed by atoms with Crippen molar-refractivity contribution in [2.45, 2.75) is 6.92 Å². The average Bonchev–Trinajstić information content (AvgIpc) is 2.41. The van der Waals surface area contributed by atoms with Gasteiger partial charge in [-0.25, -0.2) is 0 Å². The quantitative estimate of drug-likeness (QED) is 0.852. The number of rotatable bonds is 5. The molecule has 0 aromatic heterocycles. The van der Waals surface area contributed by atoms with E-state index in [0.717, 1.165) is 0 Å². The van der Waals surface area contributed by atoms with Gasteiger partial charge >= 0.3 is 0 Å². The number of benzene rings is 1. The van der Waals surface area contributed by atoms with Crippen LogP contribution in [-0.2, 0) is 9.59 Å². The van der Waals surface area contributed by atoms with Crippen LogP contribution in [0, 0.1) is 5.92 Å². The maximum absolute atomic E-state index is 11.9. The Morgan fingerprint density at radius 1 is 1.33 bits per heavy atom. The van der Waals surface area contributed by atoms with Crippen molar-refractivity contribution >= 4 is 53.1 Å². The molecular weight excluding hydrogens is 337 g/mol. The van der Waals surface area contributed by atoms with Crippen LogP contribution in [-0.4, -0.2) is 36.9 Å². The number of halogens is 3. The third-order valence-corrected chi connectivity index (χ3v) is 3.39. The van der Waals surface area contributed by atoms with Crippen molar-refractivity contribution in [3.8, 4) is 0 Å². The van der Waals surface area contributed by atoms with E-state index in [1.54, 1.807) is 32.2 Å². The van der Waals surface area contributed by atoms with E-state index in [-0.39, 0.29) is 43.2 Å². The maximum atomic E-state index is 11.9. The molecule has 1 rings (SSSR count). The van der Waals surface area contributed by atoms with Gasteiger partial charge in [0.05, 0.1) is 22.3 Å². The number of anilines is 1. The van der Waals surface area contributed by atoms with Gasteiger partial charge in [-0.1, -0.05) is 36.2 Å². The van der Waals surface area contributed by atoms with Crippen LogP contribution in [0.1, 0.15) is 6.92 Å². The van der Waals surface area contributed by atoms with E-state index in [9.17, 15) is 9.59 Å². The Kier molecular flexibility index (Phi) is 8.66. The minimum absolute atomic E-state index is 0. The van der Waals surface area contributed by atoms with Crippen molar-refractivity contribution < 1.29 is 9.59 Å². The Balaban J connectivity index is 0.00000400. The molecule has 2 amide bonds. The Morgan fingerprint density at radius 2 is 1.86 bits per heavy atom. The van der Waals surface area contributed by atoms with Gasteiger partial charge in [-0.2, -0.15) is 0 Å². The van der Waals surface area contributed by atoms with E-state index in [1.807, 2.05) is 0 Å². The monoisotopic (exact) mass is 353 g/mol. The number of amides is 2. The lowest BCUT2D eigenvalue weighted by molar-refractivity contribution is -0.136. The molecule has 0 bridgehead atoms. The Hall–Kier alpha value is -1.01. The van der Waals surface area contributed by atoms with Gasteiger partial charge in [-0.15, -0.1) is 12.4 Å². The molecule has 8 heteroatoms. The second kappa shape index (κ2) is 9.10. The number of likely N-dealkylation sites (N-methyl/N-ethyl adjacent to an activating group) is 1. The number of nitrogens with zero attached hydrogens (tertiary/aromatic N) is 1. The summed E-state index contributed by atoms with van der Waals surface area (Å²) >= 11 is 11.9. The first-order chi connectivity index (χ1) is 9.36. The summed E-state index contributed by atoms with van der Waals surface area (Å²) < 4.78 is 0. The smallest absolute Gasteiger partial charge is 0.244 e. The molecule has 0 aliphatic heterocycles. The third-order valence-electron chi connectivity index (χ3n) is 2.76. The Morgan fingerprint density at radius 3 is 2.33 bits per heavy atom. The van der Waals surface area contributed by atoms with Gasteiger partial charge in [0.2, 0.25) is 11.8 Å². The molecule has 0 spiro atoms. The summed E-state index contributed by atoms with van der Waals surface area (Å²) in [4.78, 5) is 25.0. The van der Waals surface area contributed by atoms with Crippen LogP contribution in [0.2, 0.25) is 10.0 Å². The van der Waals surface area contributed by atoms with Crippen molar-refractivity contribution in [2.24, 2.45) is 11.7 Å². The standard InChI is InChI=1S/C13H17Cl2N3O2.ClH/c1-8(6-16)13(20)18(2)7-11(19)17-12-9(14)4-3-5-10(12)15;/h3-5,8H,6-7,16H2,1-2H3,(H,17,19);1H. The summed E-state index contributed by atoms with van der Waals surface area (Å²) in [6, 6.07) is 4.92. The summed E-state index contributed by atoms with van der Waals surface area (Å²) in [6.07, 6.45) is 0. The van der Waals surface area contributed by atoms with Crippen LogP contribution in [0.4, 0.5) is 5.69 Å². The third kappa shape index (κ3) is 5.71. The molecule has 1 aromatic carbocycles. The van der Waals surface area contributed by atoms with Crippen molar-refractivity contribution in [3.63, 3.8) is 0 Å². The number of carbonyl (C=O) groups excluding carboxylic acids is 2. The zero-order valence-corrected chi connectivity index (χ0v) is 14.1. The number of carbonyl (C=O) groups is 2. The van der Waals surface area contributed by atoms with Crippen LogP contribution in [0.5, 0.6) is 0 Å². The number of nitrogens with one attached hydrogen (secondary N) is 1. The van der Waals surface area contributed by atoms with E-state index < -0.39 is 0 Å². The fourth-order valence-electron chi connectivity index (χ4n) is 1.57. The second-order valence-corrected chi connectivity index (χ2v) is 5.29. The van der Waals surface area contributed by atoms with Gasteiger partial charge in [-0.3, -0.25) is 9.59 Å². The van der Waals surface area contributed by atoms with Crippen LogP contribution in [0.25, 0.3) is 0 Å². The molecular formula is C13H18Cl3N3O2. The molecule has 118 valence electrons. The van der Waals surface area contributed by atoms with Crippen LogP contribution in [0.15, 0.2) is 18.2 Å². The fraction of sp³-hybridized carbons (Fsp3) is 0.385. The summed E-state index contributed by atoms with van der Waals surface area (Å²) in [7, 11) is 1.54. The van der Waals surface area contributed by atoms with Gasteiger partial charge in [0.25, 0.3) is 0 Å². The average molecular weight is 355 g/mol. The summed E-state index contributed by atoms with van der Waals surface area (Å²) in [5.41, 5.74) is 5.76. The minimum atomic E-state index is -0.375. The predicted octanol–water partition coefficient (Wildman–Crippen LogP) is 2.41. The molecule has 1 atom stereocenters. The maximum Gasteiger partial charge on any atom is 0.244 e. The molecule has 0 saturated heterocycles.